The van der Waals surface area contributed by atoms with Crippen molar-refractivity contribution >= 4 is 17.5 Å². The summed E-state index contributed by atoms with van der Waals surface area (Å²) in [7, 11) is 0. The van der Waals surface area contributed by atoms with Gasteiger partial charge in [-0.15, -0.1) is 0 Å². The van der Waals surface area contributed by atoms with Gasteiger partial charge in [0.1, 0.15) is 0 Å². The van der Waals surface area contributed by atoms with Gasteiger partial charge in [-0.1, -0.05) is 91.5 Å². The van der Waals surface area contributed by atoms with E-state index in [9.17, 15) is 14.4 Å². The van der Waals surface area contributed by atoms with E-state index in [1.165, 1.54) is 0 Å². The highest BCUT2D eigenvalue weighted by Gasteiger charge is 2.36. The molecule has 0 saturated carbocycles. The van der Waals surface area contributed by atoms with Crippen LogP contribution in [0, 0.1) is 5.92 Å². The Bertz CT molecular complexity index is 875. The van der Waals surface area contributed by atoms with Crippen LogP contribution in [-0.4, -0.2) is 23.5 Å². The average Bonchev–Trinajstić information content (AvgIpc) is 2.71. The Kier molecular flexibility index (Phi) is 5.57. The van der Waals surface area contributed by atoms with Gasteiger partial charge in [0.05, 0.1) is 6.04 Å². The van der Waals surface area contributed by atoms with Crippen LogP contribution in [0.4, 0.5) is 0 Å². The molecule has 0 bridgehead atoms. The largest absolute Gasteiger partial charge is 0.345 e. The minimum Gasteiger partial charge on any atom is -0.345 e. The molecule has 0 spiro atoms. The number of hydrogen-bond donors (Lipinski definition) is 1. The smallest absolute Gasteiger partial charge is 0.239 e. The molecular formula is C23H19NO3. The predicted octanol–water partition coefficient (Wildman–Crippen LogP) is 3.54. The molecule has 27 heavy (non-hydrogen) atoms. The molecule has 1 N–H and O–H groups in total. The van der Waals surface area contributed by atoms with E-state index in [1.807, 2.05) is 6.08 Å². The van der Waals surface area contributed by atoms with Gasteiger partial charge >= 0.3 is 0 Å². The normalized spacial score (nSPS) is 15.6. The van der Waals surface area contributed by atoms with Crippen molar-refractivity contribution in [2.24, 2.45) is 5.92 Å². The molecule has 2 aromatic rings. The number of hydrogen-bond acceptors (Lipinski definition) is 3. The van der Waals surface area contributed by atoms with Crippen LogP contribution in [-0.2, 0) is 4.79 Å². The second kappa shape index (κ2) is 8.23. The molecule has 4 heteroatoms. The van der Waals surface area contributed by atoms with Gasteiger partial charge in [0, 0.05) is 11.1 Å². The third-order valence-corrected chi connectivity index (χ3v) is 4.33. The number of Topliss-reactive ketones (excluding diaryl/α,β-unsaturated/α-hetero) is 2. The van der Waals surface area contributed by atoms with Crippen LogP contribution >= 0.6 is 0 Å². The molecule has 1 aliphatic rings. The maximum Gasteiger partial charge on any atom is 0.239 e. The van der Waals surface area contributed by atoms with E-state index in [4.69, 9.17) is 0 Å². The van der Waals surface area contributed by atoms with Crippen molar-refractivity contribution in [3.63, 3.8) is 0 Å². The lowest BCUT2D eigenvalue weighted by Gasteiger charge is -2.21. The monoisotopic (exact) mass is 357 g/mol. The zero-order valence-corrected chi connectivity index (χ0v) is 14.7. The van der Waals surface area contributed by atoms with E-state index in [-0.39, 0.29) is 0 Å². The van der Waals surface area contributed by atoms with Crippen molar-refractivity contribution in [2.45, 2.75) is 6.04 Å². The molecule has 0 aromatic heterocycles. The van der Waals surface area contributed by atoms with E-state index < -0.39 is 29.4 Å². The molecular weight excluding hydrogens is 338 g/mol. The Labute approximate surface area is 157 Å². The molecule has 1 atom stereocenters. The summed E-state index contributed by atoms with van der Waals surface area (Å²) in [5.74, 6) is -3.14. The fourth-order valence-corrected chi connectivity index (χ4v) is 2.85. The second-order valence-corrected chi connectivity index (χ2v) is 6.20. The molecule has 1 aliphatic carbocycles. The molecule has 3 rings (SSSR count). The minimum absolute atomic E-state index is 0.319. The molecule has 0 fully saturated rings. The fraction of sp³-hybridized carbons (Fsp3) is 0.0870. The molecule has 1 unspecified atom stereocenters. The summed E-state index contributed by atoms with van der Waals surface area (Å²) in [6.07, 6.45) is 7.13. The predicted molar refractivity (Wildman–Crippen MR) is 104 cm³/mol. The Morgan fingerprint density at radius 2 is 1.33 bits per heavy atom. The van der Waals surface area contributed by atoms with Crippen LogP contribution in [0.2, 0.25) is 0 Å². The first kappa shape index (κ1) is 18.3. The SMILES string of the molecule is C=C1C=CC=CC1NC(=O)C(C(=O)c1ccccc1)C(=O)c1ccccc1. The van der Waals surface area contributed by atoms with Crippen LogP contribution in [0.25, 0.3) is 0 Å². The molecule has 0 aliphatic heterocycles. The lowest BCUT2D eigenvalue weighted by molar-refractivity contribution is -0.122. The quantitative estimate of drug-likeness (QED) is 0.635. The van der Waals surface area contributed by atoms with Crippen LogP contribution in [0.3, 0.4) is 0 Å². The Hall–Kier alpha value is -3.53. The van der Waals surface area contributed by atoms with Crippen molar-refractivity contribution in [3.8, 4) is 0 Å². The summed E-state index contributed by atoms with van der Waals surface area (Å²) in [5.41, 5.74) is 1.32. The lowest BCUT2D eigenvalue weighted by Crippen LogP contribution is -2.45. The second-order valence-electron chi connectivity index (χ2n) is 6.20. The van der Waals surface area contributed by atoms with E-state index in [2.05, 4.69) is 11.9 Å². The van der Waals surface area contributed by atoms with Gasteiger partial charge in [0.2, 0.25) is 5.91 Å². The van der Waals surface area contributed by atoms with Gasteiger partial charge in [-0.2, -0.15) is 0 Å². The summed E-state index contributed by atoms with van der Waals surface area (Å²) in [4.78, 5) is 38.9. The van der Waals surface area contributed by atoms with E-state index >= 15 is 0 Å². The number of allylic oxidation sites excluding steroid dienone is 2. The van der Waals surface area contributed by atoms with Crippen molar-refractivity contribution in [3.05, 3.63) is 108 Å². The zero-order chi connectivity index (χ0) is 19.2. The zero-order valence-electron chi connectivity index (χ0n) is 14.7. The number of carbonyl (C=O) groups excluding carboxylic acids is 3. The minimum atomic E-state index is -1.46. The highest BCUT2D eigenvalue weighted by atomic mass is 16.2. The lowest BCUT2D eigenvalue weighted by atomic mass is 9.88. The number of carbonyl (C=O) groups is 3. The van der Waals surface area contributed by atoms with Crippen molar-refractivity contribution in [2.75, 3.05) is 0 Å². The van der Waals surface area contributed by atoms with Crippen molar-refractivity contribution in [1.29, 1.82) is 0 Å². The first-order valence-corrected chi connectivity index (χ1v) is 8.60. The summed E-state index contributed by atoms with van der Waals surface area (Å²) >= 11 is 0. The summed E-state index contributed by atoms with van der Waals surface area (Å²) in [5, 5.41) is 2.75. The molecule has 1 amide bonds. The third kappa shape index (κ3) is 4.18. The molecule has 0 radical (unpaired) electrons. The highest BCUT2D eigenvalue weighted by Crippen LogP contribution is 2.18. The number of rotatable bonds is 6. The molecule has 2 aromatic carbocycles. The van der Waals surface area contributed by atoms with Crippen LogP contribution in [0.5, 0.6) is 0 Å². The van der Waals surface area contributed by atoms with Gasteiger partial charge in [-0.3, -0.25) is 14.4 Å². The maximum absolute atomic E-state index is 13.0. The first-order chi connectivity index (χ1) is 13.1. The van der Waals surface area contributed by atoms with Crippen LogP contribution in [0.1, 0.15) is 20.7 Å². The van der Waals surface area contributed by atoms with Crippen molar-refractivity contribution < 1.29 is 14.4 Å². The number of amides is 1. The molecule has 0 saturated heterocycles. The van der Waals surface area contributed by atoms with Gasteiger partial charge in [-0.25, -0.2) is 0 Å². The number of nitrogens with one attached hydrogen (secondary N) is 1. The van der Waals surface area contributed by atoms with Crippen LogP contribution < -0.4 is 5.32 Å². The standard InChI is InChI=1S/C23H19NO3/c1-16-10-8-9-15-19(16)24-23(27)20(21(25)17-11-4-2-5-12-17)22(26)18-13-6-3-7-14-18/h2-15,19-20H,1H2,(H,24,27). The Morgan fingerprint density at radius 3 is 1.81 bits per heavy atom. The molecule has 4 nitrogen and oxygen atoms in total. The van der Waals surface area contributed by atoms with E-state index in [0.29, 0.717) is 16.7 Å². The van der Waals surface area contributed by atoms with E-state index in [0.717, 1.165) is 0 Å². The van der Waals surface area contributed by atoms with E-state index in [1.54, 1.807) is 78.9 Å². The fourth-order valence-electron chi connectivity index (χ4n) is 2.85. The Balaban J connectivity index is 1.92. The number of benzene rings is 2. The topological polar surface area (TPSA) is 63.2 Å². The van der Waals surface area contributed by atoms with Gasteiger partial charge in [0.25, 0.3) is 0 Å². The highest BCUT2D eigenvalue weighted by molar-refractivity contribution is 6.27. The third-order valence-electron chi connectivity index (χ3n) is 4.33. The first-order valence-electron chi connectivity index (χ1n) is 8.60. The average molecular weight is 357 g/mol. The van der Waals surface area contributed by atoms with Crippen LogP contribution in [0.15, 0.2) is 97.1 Å². The molecule has 134 valence electrons. The summed E-state index contributed by atoms with van der Waals surface area (Å²) < 4.78 is 0. The number of ketones is 2. The molecule has 0 heterocycles. The van der Waals surface area contributed by atoms with Gasteiger partial charge in [0.15, 0.2) is 17.5 Å². The van der Waals surface area contributed by atoms with Gasteiger partial charge < -0.3 is 5.32 Å². The maximum atomic E-state index is 13.0. The summed E-state index contributed by atoms with van der Waals surface area (Å²) in [6, 6.07) is 16.3. The Morgan fingerprint density at radius 1 is 0.815 bits per heavy atom. The van der Waals surface area contributed by atoms with Gasteiger partial charge in [-0.05, 0) is 5.57 Å². The van der Waals surface area contributed by atoms with Crippen molar-refractivity contribution in [1.82, 2.24) is 5.32 Å². The summed E-state index contributed by atoms with van der Waals surface area (Å²) in [6.45, 7) is 3.89.